The number of aryl methyl sites for hydroxylation is 1. The van der Waals surface area contributed by atoms with Crippen molar-refractivity contribution in [2.45, 2.75) is 33.2 Å². The zero-order valence-corrected chi connectivity index (χ0v) is 22.7. The highest BCUT2D eigenvalue weighted by Gasteiger charge is 2.21. The number of H-pyrrole nitrogens is 1. The summed E-state index contributed by atoms with van der Waals surface area (Å²) in [4.78, 5) is 34.1. The van der Waals surface area contributed by atoms with Crippen LogP contribution in [-0.2, 0) is 5.54 Å². The predicted octanol–water partition coefficient (Wildman–Crippen LogP) is 6.47. The minimum absolute atomic E-state index is 0.177. The van der Waals surface area contributed by atoms with E-state index in [1.165, 1.54) is 6.20 Å². The second-order valence-corrected chi connectivity index (χ2v) is 11.0. The fourth-order valence-corrected chi connectivity index (χ4v) is 5.26. The van der Waals surface area contributed by atoms with E-state index >= 15 is 0 Å². The molecule has 6 rings (SSSR count). The first-order valence-corrected chi connectivity index (χ1v) is 13.0. The molecule has 0 fully saturated rings. The zero-order chi connectivity index (χ0) is 27.5. The maximum atomic E-state index is 13.6. The van der Waals surface area contributed by atoms with Gasteiger partial charge in [0.15, 0.2) is 0 Å². The Morgan fingerprint density at radius 1 is 0.897 bits per heavy atom. The van der Waals surface area contributed by atoms with Crippen molar-refractivity contribution >= 4 is 33.3 Å². The van der Waals surface area contributed by atoms with Crippen LogP contribution in [0.1, 0.15) is 26.5 Å². The minimum atomic E-state index is -0.538. The Bertz CT molecular complexity index is 2020. The molecule has 3 aromatic carbocycles. The molecule has 0 unspecified atom stereocenters. The molecular weight excluding hydrogens is 510 g/mol. The molecule has 0 saturated heterocycles. The zero-order valence-electron chi connectivity index (χ0n) is 22.0. The van der Waals surface area contributed by atoms with Gasteiger partial charge in [0.25, 0.3) is 5.56 Å². The number of benzene rings is 3. The molecule has 0 amide bonds. The largest absolute Gasteiger partial charge is 0.333 e. The van der Waals surface area contributed by atoms with Crippen molar-refractivity contribution in [1.29, 1.82) is 0 Å². The van der Waals surface area contributed by atoms with Crippen LogP contribution < -0.4 is 11.2 Å². The first-order chi connectivity index (χ1) is 18.6. The molecule has 194 valence electrons. The van der Waals surface area contributed by atoms with Gasteiger partial charge in [0.2, 0.25) is 0 Å². The molecule has 3 heterocycles. The van der Waals surface area contributed by atoms with Gasteiger partial charge in [-0.2, -0.15) is 5.10 Å². The lowest BCUT2D eigenvalue weighted by molar-refractivity contribution is 0.354. The van der Waals surface area contributed by atoms with Gasteiger partial charge in [-0.15, -0.1) is 0 Å². The molecule has 8 heteroatoms. The van der Waals surface area contributed by atoms with Gasteiger partial charge < -0.3 is 4.98 Å². The van der Waals surface area contributed by atoms with Gasteiger partial charge in [-0.3, -0.25) is 14.5 Å². The smallest absolute Gasteiger partial charge is 0.306 e. The van der Waals surface area contributed by atoms with Crippen LogP contribution in [0.2, 0.25) is 5.02 Å². The van der Waals surface area contributed by atoms with Gasteiger partial charge >= 0.3 is 5.69 Å². The predicted molar refractivity (Wildman–Crippen MR) is 157 cm³/mol. The van der Waals surface area contributed by atoms with Gasteiger partial charge in [0, 0.05) is 39.3 Å². The molecule has 0 aliphatic carbocycles. The Hall–Kier alpha value is -4.49. The van der Waals surface area contributed by atoms with E-state index in [1.54, 1.807) is 18.3 Å². The molecule has 7 nitrogen and oxygen atoms in total. The number of hydrogen-bond donors (Lipinski definition) is 1. The normalized spacial score (nSPS) is 11.9. The molecule has 39 heavy (non-hydrogen) atoms. The summed E-state index contributed by atoms with van der Waals surface area (Å²) in [6, 6.07) is 18.7. The van der Waals surface area contributed by atoms with E-state index in [0.29, 0.717) is 21.6 Å². The number of nitrogens with zero attached hydrogens (tertiary/aromatic N) is 4. The average Bonchev–Trinajstić information content (AvgIpc) is 3.30. The lowest BCUT2D eigenvalue weighted by Crippen LogP contribution is -2.33. The number of aromatic nitrogens is 5. The van der Waals surface area contributed by atoms with Crippen molar-refractivity contribution in [2.24, 2.45) is 0 Å². The fraction of sp³-hybridized carbons (Fsp3) is 0.161. The van der Waals surface area contributed by atoms with Crippen molar-refractivity contribution < 1.29 is 0 Å². The monoisotopic (exact) mass is 535 g/mol. The Morgan fingerprint density at radius 2 is 1.69 bits per heavy atom. The summed E-state index contributed by atoms with van der Waals surface area (Å²) < 4.78 is 3.09. The molecule has 0 aliphatic heterocycles. The Labute approximate surface area is 229 Å². The minimum Gasteiger partial charge on any atom is -0.306 e. The topological polar surface area (TPSA) is 85.6 Å². The summed E-state index contributed by atoms with van der Waals surface area (Å²) in [7, 11) is 0. The SMILES string of the molecule is Cc1nn(C(C)(C)C)cc1-c1cccc(Cl)c1-c1ccc2c(=O)n(-c3cncc4ccccc34)c(=O)[nH]c2c1. The lowest BCUT2D eigenvalue weighted by atomic mass is 9.94. The van der Waals surface area contributed by atoms with E-state index in [2.05, 4.69) is 30.7 Å². The second-order valence-electron chi connectivity index (χ2n) is 10.6. The maximum absolute atomic E-state index is 13.6. The Kier molecular flexibility index (Phi) is 5.77. The molecule has 6 aromatic rings. The molecule has 0 aliphatic rings. The van der Waals surface area contributed by atoms with Crippen molar-refractivity contribution in [3.05, 3.63) is 111 Å². The van der Waals surface area contributed by atoms with Gasteiger partial charge in [-0.05, 0) is 57.0 Å². The van der Waals surface area contributed by atoms with E-state index in [1.807, 2.05) is 66.3 Å². The summed E-state index contributed by atoms with van der Waals surface area (Å²) in [6.45, 7) is 8.28. The third-order valence-corrected chi connectivity index (χ3v) is 7.28. The first-order valence-electron chi connectivity index (χ1n) is 12.6. The number of nitrogens with one attached hydrogen (secondary N) is 1. The summed E-state index contributed by atoms with van der Waals surface area (Å²) in [5.41, 5.74) is 4.10. The summed E-state index contributed by atoms with van der Waals surface area (Å²) >= 11 is 6.77. The summed E-state index contributed by atoms with van der Waals surface area (Å²) in [5, 5.41) is 7.29. The van der Waals surface area contributed by atoms with Gasteiger partial charge in [0.1, 0.15) is 0 Å². The number of rotatable bonds is 3. The maximum Gasteiger partial charge on any atom is 0.333 e. The summed E-state index contributed by atoms with van der Waals surface area (Å²) in [6.07, 6.45) is 5.28. The van der Waals surface area contributed by atoms with Crippen molar-refractivity contribution in [2.75, 3.05) is 0 Å². The molecule has 0 atom stereocenters. The average molecular weight is 536 g/mol. The van der Waals surface area contributed by atoms with Gasteiger partial charge in [-0.25, -0.2) is 9.36 Å². The van der Waals surface area contributed by atoms with Gasteiger partial charge in [-0.1, -0.05) is 54.1 Å². The highest BCUT2D eigenvalue weighted by Crippen LogP contribution is 2.39. The van der Waals surface area contributed by atoms with Crippen LogP contribution in [0.4, 0.5) is 0 Å². The Morgan fingerprint density at radius 3 is 2.46 bits per heavy atom. The molecule has 0 spiro atoms. The van der Waals surface area contributed by atoms with E-state index in [-0.39, 0.29) is 5.54 Å². The van der Waals surface area contributed by atoms with Crippen LogP contribution in [-0.4, -0.2) is 24.3 Å². The van der Waals surface area contributed by atoms with E-state index in [9.17, 15) is 9.59 Å². The lowest BCUT2D eigenvalue weighted by Gasteiger charge is -2.19. The second kappa shape index (κ2) is 9.06. The fourth-order valence-electron chi connectivity index (χ4n) is 4.98. The van der Waals surface area contributed by atoms with E-state index < -0.39 is 11.2 Å². The number of halogens is 1. The molecule has 3 aromatic heterocycles. The van der Waals surface area contributed by atoms with Crippen LogP contribution in [0, 0.1) is 6.92 Å². The third kappa shape index (κ3) is 4.15. The molecule has 0 radical (unpaired) electrons. The summed E-state index contributed by atoms with van der Waals surface area (Å²) in [5.74, 6) is 0. The number of hydrogen-bond acceptors (Lipinski definition) is 4. The number of pyridine rings is 1. The van der Waals surface area contributed by atoms with E-state index in [0.717, 1.165) is 43.3 Å². The van der Waals surface area contributed by atoms with E-state index in [4.69, 9.17) is 16.7 Å². The molecule has 1 N–H and O–H groups in total. The van der Waals surface area contributed by atoms with Crippen LogP contribution in [0.25, 0.3) is 49.6 Å². The van der Waals surface area contributed by atoms with Crippen molar-refractivity contribution in [3.8, 4) is 27.9 Å². The molecular formula is C31H26ClN5O2. The van der Waals surface area contributed by atoms with Crippen LogP contribution in [0.15, 0.2) is 88.8 Å². The quantitative estimate of drug-likeness (QED) is 0.281. The van der Waals surface area contributed by atoms with Crippen molar-refractivity contribution in [3.63, 3.8) is 0 Å². The van der Waals surface area contributed by atoms with Crippen LogP contribution in [0.5, 0.6) is 0 Å². The van der Waals surface area contributed by atoms with Crippen LogP contribution in [0.3, 0.4) is 0 Å². The Balaban J connectivity index is 1.54. The molecule has 0 saturated carbocycles. The highest BCUT2D eigenvalue weighted by atomic mass is 35.5. The van der Waals surface area contributed by atoms with Gasteiger partial charge in [0.05, 0.1) is 34.0 Å². The first kappa shape index (κ1) is 24.8. The number of aromatic amines is 1. The van der Waals surface area contributed by atoms with Crippen LogP contribution >= 0.6 is 11.6 Å². The van der Waals surface area contributed by atoms with Crippen molar-refractivity contribution in [1.82, 2.24) is 24.3 Å². The molecule has 0 bridgehead atoms. The third-order valence-electron chi connectivity index (χ3n) is 6.96. The number of fused-ring (bicyclic) bond motifs is 2. The highest BCUT2D eigenvalue weighted by molar-refractivity contribution is 6.34. The standard InChI is InChI=1S/C31H26ClN5O2/c1-18-24(17-36(35-18)31(2,3)4)22-10-7-11-25(32)28(22)19-12-13-23-26(14-19)34-30(39)37(29(23)38)27-16-33-15-20-8-5-6-9-21(20)27/h5-17H,1-4H3,(H,34,39).